The minimum atomic E-state index is -0.771. The second-order valence-corrected chi connectivity index (χ2v) is 6.27. The first-order valence-electron chi connectivity index (χ1n) is 8.13. The monoisotopic (exact) mass is 308 g/mol. The minimum absolute atomic E-state index is 0.0246. The fourth-order valence-electron chi connectivity index (χ4n) is 3.54. The number of carbonyl (C=O) groups is 1. The Balaban J connectivity index is 1.75. The van der Waals surface area contributed by atoms with Gasteiger partial charge in [0.05, 0.1) is 5.56 Å². The molecule has 5 heteroatoms. The molecule has 0 aromatic heterocycles. The highest BCUT2D eigenvalue weighted by Crippen LogP contribution is 2.22. The van der Waals surface area contributed by atoms with Crippen molar-refractivity contribution in [2.24, 2.45) is 0 Å². The number of carbonyl (C=O) groups excluding carboxylic acids is 1. The van der Waals surface area contributed by atoms with E-state index in [0.29, 0.717) is 19.1 Å². The van der Waals surface area contributed by atoms with Gasteiger partial charge in [0.25, 0.3) is 5.91 Å². The Morgan fingerprint density at radius 1 is 1.05 bits per heavy atom. The molecule has 3 nitrogen and oxygen atoms in total. The standard InChI is InChI=1S/C17H22F2N2O/c18-13-6-7-15(16(19)11-13)17(22)21-10-2-1-5-14(12-21)20-8-3-4-9-20/h6-7,11,14H,1-5,8-10,12H2/t14-/m0/s1. The number of hydrogen-bond acceptors (Lipinski definition) is 2. The highest BCUT2D eigenvalue weighted by Gasteiger charge is 2.29. The molecule has 1 aromatic rings. The predicted octanol–water partition coefficient (Wildman–Crippen LogP) is 3.06. The van der Waals surface area contributed by atoms with Crippen LogP contribution in [-0.4, -0.2) is 47.9 Å². The van der Waals surface area contributed by atoms with E-state index in [9.17, 15) is 13.6 Å². The zero-order chi connectivity index (χ0) is 15.5. The van der Waals surface area contributed by atoms with Gasteiger partial charge in [-0.25, -0.2) is 8.78 Å². The molecule has 0 aliphatic carbocycles. The minimum Gasteiger partial charge on any atom is -0.337 e. The maximum absolute atomic E-state index is 13.9. The molecule has 0 unspecified atom stereocenters. The van der Waals surface area contributed by atoms with E-state index in [2.05, 4.69) is 4.90 Å². The van der Waals surface area contributed by atoms with E-state index >= 15 is 0 Å². The fourth-order valence-corrected chi connectivity index (χ4v) is 3.54. The van der Waals surface area contributed by atoms with Gasteiger partial charge in [0, 0.05) is 25.2 Å². The Morgan fingerprint density at radius 3 is 2.50 bits per heavy atom. The maximum atomic E-state index is 13.9. The summed E-state index contributed by atoms with van der Waals surface area (Å²) >= 11 is 0. The number of likely N-dealkylation sites (tertiary alicyclic amines) is 2. The lowest BCUT2D eigenvalue weighted by Gasteiger charge is -2.30. The molecule has 2 heterocycles. The highest BCUT2D eigenvalue weighted by molar-refractivity contribution is 5.94. The van der Waals surface area contributed by atoms with Gasteiger partial charge >= 0.3 is 0 Å². The predicted molar refractivity (Wildman–Crippen MR) is 80.7 cm³/mol. The van der Waals surface area contributed by atoms with Crippen molar-refractivity contribution >= 4 is 5.91 Å². The molecular weight excluding hydrogens is 286 g/mol. The number of nitrogens with zero attached hydrogens (tertiary/aromatic N) is 2. The van der Waals surface area contributed by atoms with E-state index in [1.165, 1.54) is 18.9 Å². The van der Waals surface area contributed by atoms with Gasteiger partial charge in [0.15, 0.2) is 0 Å². The lowest BCUT2D eigenvalue weighted by molar-refractivity contribution is 0.0709. The second-order valence-electron chi connectivity index (χ2n) is 6.27. The largest absolute Gasteiger partial charge is 0.337 e. The van der Waals surface area contributed by atoms with Crippen molar-refractivity contribution in [3.63, 3.8) is 0 Å². The molecule has 2 aliphatic heterocycles. The van der Waals surface area contributed by atoms with Crippen molar-refractivity contribution in [1.82, 2.24) is 9.80 Å². The smallest absolute Gasteiger partial charge is 0.256 e. The van der Waals surface area contributed by atoms with E-state index in [-0.39, 0.29) is 11.5 Å². The fraction of sp³-hybridized carbons (Fsp3) is 0.588. The van der Waals surface area contributed by atoms with E-state index in [1.54, 1.807) is 4.90 Å². The van der Waals surface area contributed by atoms with Gasteiger partial charge in [-0.1, -0.05) is 6.42 Å². The van der Waals surface area contributed by atoms with Gasteiger partial charge in [0.2, 0.25) is 0 Å². The Bertz CT molecular complexity index is 543. The number of benzene rings is 1. The summed E-state index contributed by atoms with van der Waals surface area (Å²) in [6.45, 7) is 3.49. The van der Waals surface area contributed by atoms with Crippen LogP contribution in [0, 0.1) is 11.6 Å². The van der Waals surface area contributed by atoms with Crippen LogP contribution in [0.2, 0.25) is 0 Å². The van der Waals surface area contributed by atoms with Crippen LogP contribution < -0.4 is 0 Å². The normalized spacial score (nSPS) is 23.5. The summed E-state index contributed by atoms with van der Waals surface area (Å²) in [6.07, 6.45) is 5.57. The first-order chi connectivity index (χ1) is 10.6. The topological polar surface area (TPSA) is 23.6 Å². The summed E-state index contributed by atoms with van der Waals surface area (Å²) in [5.41, 5.74) is -0.0246. The number of rotatable bonds is 2. The van der Waals surface area contributed by atoms with Crippen LogP contribution in [0.1, 0.15) is 42.5 Å². The molecule has 2 aliphatic rings. The molecule has 22 heavy (non-hydrogen) atoms. The molecule has 0 radical (unpaired) electrons. The van der Waals surface area contributed by atoms with Crippen molar-refractivity contribution in [1.29, 1.82) is 0 Å². The van der Waals surface area contributed by atoms with Crippen LogP contribution in [0.5, 0.6) is 0 Å². The van der Waals surface area contributed by atoms with Gasteiger partial charge in [-0.2, -0.15) is 0 Å². The average Bonchev–Trinajstić information content (AvgIpc) is 2.91. The van der Waals surface area contributed by atoms with E-state index in [4.69, 9.17) is 0 Å². The Labute approximate surface area is 129 Å². The van der Waals surface area contributed by atoms with Crippen molar-refractivity contribution in [2.75, 3.05) is 26.2 Å². The first-order valence-corrected chi connectivity index (χ1v) is 8.13. The molecule has 1 amide bonds. The molecule has 1 atom stereocenters. The lowest BCUT2D eigenvalue weighted by atomic mass is 10.1. The summed E-state index contributed by atoms with van der Waals surface area (Å²) in [5, 5.41) is 0. The Hall–Kier alpha value is -1.49. The van der Waals surface area contributed by atoms with Crippen molar-refractivity contribution < 1.29 is 13.6 Å². The quantitative estimate of drug-likeness (QED) is 0.838. The zero-order valence-electron chi connectivity index (χ0n) is 12.7. The Morgan fingerprint density at radius 2 is 1.77 bits per heavy atom. The third kappa shape index (κ3) is 3.29. The number of hydrogen-bond donors (Lipinski definition) is 0. The van der Waals surface area contributed by atoms with Crippen molar-refractivity contribution in [3.8, 4) is 0 Å². The van der Waals surface area contributed by atoms with Gasteiger partial charge in [-0.15, -0.1) is 0 Å². The van der Waals surface area contributed by atoms with Crippen LogP contribution in [0.15, 0.2) is 18.2 Å². The van der Waals surface area contributed by atoms with Gasteiger partial charge in [-0.05, 0) is 50.9 Å². The van der Waals surface area contributed by atoms with Crippen LogP contribution in [0.4, 0.5) is 8.78 Å². The molecule has 1 aromatic carbocycles. The van der Waals surface area contributed by atoms with Crippen LogP contribution in [0.3, 0.4) is 0 Å². The average molecular weight is 308 g/mol. The van der Waals surface area contributed by atoms with Gasteiger partial charge in [-0.3, -0.25) is 9.69 Å². The summed E-state index contributed by atoms with van der Waals surface area (Å²) in [4.78, 5) is 16.8. The number of halogens is 2. The summed E-state index contributed by atoms with van der Waals surface area (Å²) in [5.74, 6) is -1.74. The summed E-state index contributed by atoms with van der Waals surface area (Å²) in [6, 6.07) is 3.55. The van der Waals surface area contributed by atoms with Crippen LogP contribution in [-0.2, 0) is 0 Å². The van der Waals surface area contributed by atoms with Crippen molar-refractivity contribution in [2.45, 2.75) is 38.1 Å². The maximum Gasteiger partial charge on any atom is 0.256 e. The van der Waals surface area contributed by atoms with Crippen LogP contribution in [0.25, 0.3) is 0 Å². The van der Waals surface area contributed by atoms with E-state index < -0.39 is 11.6 Å². The molecule has 2 saturated heterocycles. The molecule has 0 N–H and O–H groups in total. The number of amides is 1. The third-order valence-corrected chi connectivity index (χ3v) is 4.75. The summed E-state index contributed by atoms with van der Waals surface area (Å²) < 4.78 is 26.9. The first kappa shape index (κ1) is 15.4. The molecule has 120 valence electrons. The molecule has 0 saturated carbocycles. The van der Waals surface area contributed by atoms with E-state index in [1.807, 2.05) is 0 Å². The second kappa shape index (κ2) is 6.73. The molecule has 0 spiro atoms. The SMILES string of the molecule is O=C(c1ccc(F)cc1F)N1CCCC[C@H](N2CCCC2)C1. The van der Waals surface area contributed by atoms with Crippen LogP contribution >= 0.6 is 0 Å². The van der Waals surface area contributed by atoms with E-state index in [0.717, 1.165) is 44.5 Å². The Kier molecular flexibility index (Phi) is 4.71. The highest BCUT2D eigenvalue weighted by atomic mass is 19.1. The molecular formula is C17H22F2N2O. The lowest BCUT2D eigenvalue weighted by Crippen LogP contribution is -2.44. The van der Waals surface area contributed by atoms with Crippen molar-refractivity contribution in [3.05, 3.63) is 35.4 Å². The van der Waals surface area contributed by atoms with Gasteiger partial charge in [0.1, 0.15) is 11.6 Å². The molecule has 0 bridgehead atoms. The van der Waals surface area contributed by atoms with Gasteiger partial charge < -0.3 is 4.90 Å². The summed E-state index contributed by atoms with van der Waals surface area (Å²) in [7, 11) is 0. The molecule has 2 fully saturated rings. The third-order valence-electron chi connectivity index (χ3n) is 4.75. The molecule has 3 rings (SSSR count). The zero-order valence-corrected chi connectivity index (χ0v) is 12.7.